The van der Waals surface area contributed by atoms with Crippen LogP contribution in [0.25, 0.3) is 0 Å². The molecule has 1 aromatic carbocycles. The van der Waals surface area contributed by atoms with E-state index in [0.717, 1.165) is 4.88 Å². The molecule has 6 nitrogen and oxygen atoms in total. The van der Waals surface area contributed by atoms with E-state index in [0.29, 0.717) is 30.0 Å². The van der Waals surface area contributed by atoms with Crippen molar-refractivity contribution in [2.45, 2.75) is 20.0 Å². The zero-order valence-corrected chi connectivity index (χ0v) is 14.4. The molecule has 0 unspecified atom stereocenters. The van der Waals surface area contributed by atoms with Gasteiger partial charge in [-0.1, -0.05) is 12.1 Å². The molecular weight excluding hydrogens is 340 g/mol. The van der Waals surface area contributed by atoms with E-state index in [1.165, 1.54) is 12.1 Å². The van der Waals surface area contributed by atoms with Gasteiger partial charge in [0, 0.05) is 22.1 Å². The van der Waals surface area contributed by atoms with Gasteiger partial charge in [0.2, 0.25) is 0 Å². The summed E-state index contributed by atoms with van der Waals surface area (Å²) in [6, 6.07) is 12.0. The lowest BCUT2D eigenvalue weighted by molar-refractivity contribution is -0.385. The second-order valence-corrected chi connectivity index (χ2v) is 6.56. The standard InChI is InChI=1S/C18H16N2O4S/c1-13-16(7-2-8-17(13)20(22)23)18(21)19(11-14-5-3-9-24-14)12-15-6-4-10-25-15/h2-10H,11-12H2,1H3. The van der Waals surface area contributed by atoms with Crippen LogP contribution in [-0.4, -0.2) is 15.7 Å². The Morgan fingerprint density at radius 3 is 2.68 bits per heavy atom. The lowest BCUT2D eigenvalue weighted by Gasteiger charge is -2.22. The van der Waals surface area contributed by atoms with E-state index in [9.17, 15) is 14.9 Å². The van der Waals surface area contributed by atoms with Crippen LogP contribution in [-0.2, 0) is 13.1 Å². The van der Waals surface area contributed by atoms with Gasteiger partial charge in [-0.2, -0.15) is 0 Å². The van der Waals surface area contributed by atoms with Crippen LogP contribution in [0.1, 0.15) is 26.6 Å². The predicted molar refractivity (Wildman–Crippen MR) is 94.4 cm³/mol. The fourth-order valence-electron chi connectivity index (χ4n) is 2.60. The maximum absolute atomic E-state index is 13.1. The van der Waals surface area contributed by atoms with Crippen molar-refractivity contribution in [2.24, 2.45) is 0 Å². The van der Waals surface area contributed by atoms with Crippen LogP contribution >= 0.6 is 11.3 Å². The van der Waals surface area contributed by atoms with Crippen LogP contribution < -0.4 is 0 Å². The molecule has 0 aliphatic carbocycles. The van der Waals surface area contributed by atoms with Crippen LogP contribution in [0.3, 0.4) is 0 Å². The molecule has 128 valence electrons. The van der Waals surface area contributed by atoms with Crippen LogP contribution in [0.4, 0.5) is 5.69 Å². The quantitative estimate of drug-likeness (QED) is 0.484. The van der Waals surface area contributed by atoms with Crippen LogP contribution in [0.15, 0.2) is 58.5 Å². The molecule has 1 amide bonds. The molecule has 0 aliphatic heterocycles. The first kappa shape index (κ1) is 16.9. The van der Waals surface area contributed by atoms with E-state index in [2.05, 4.69) is 0 Å². The van der Waals surface area contributed by atoms with Gasteiger partial charge in [-0.25, -0.2) is 0 Å². The minimum Gasteiger partial charge on any atom is -0.467 e. The van der Waals surface area contributed by atoms with Gasteiger partial charge in [0.05, 0.1) is 24.3 Å². The van der Waals surface area contributed by atoms with Gasteiger partial charge in [-0.3, -0.25) is 14.9 Å². The average molecular weight is 356 g/mol. The molecule has 2 aromatic heterocycles. The molecule has 3 aromatic rings. The Bertz CT molecular complexity index is 836. The highest BCUT2D eigenvalue weighted by Crippen LogP contribution is 2.24. The Morgan fingerprint density at radius 2 is 2.04 bits per heavy atom. The van der Waals surface area contributed by atoms with Crippen molar-refractivity contribution in [3.8, 4) is 0 Å². The van der Waals surface area contributed by atoms with E-state index in [-0.39, 0.29) is 11.6 Å². The number of carbonyl (C=O) groups excluding carboxylic acids is 1. The number of hydrogen-bond donors (Lipinski definition) is 0. The zero-order chi connectivity index (χ0) is 17.8. The second-order valence-electron chi connectivity index (χ2n) is 5.53. The number of nitro benzene ring substituents is 1. The van der Waals surface area contributed by atoms with Gasteiger partial charge in [0.15, 0.2) is 0 Å². The number of benzene rings is 1. The van der Waals surface area contributed by atoms with E-state index in [4.69, 9.17) is 4.42 Å². The van der Waals surface area contributed by atoms with Crippen molar-refractivity contribution in [3.05, 3.63) is 86.0 Å². The molecule has 7 heteroatoms. The van der Waals surface area contributed by atoms with Crippen molar-refractivity contribution in [1.29, 1.82) is 0 Å². The van der Waals surface area contributed by atoms with Gasteiger partial charge in [-0.15, -0.1) is 11.3 Å². The van der Waals surface area contributed by atoms with Crippen LogP contribution in [0.2, 0.25) is 0 Å². The lowest BCUT2D eigenvalue weighted by Crippen LogP contribution is -2.30. The van der Waals surface area contributed by atoms with E-state index < -0.39 is 4.92 Å². The molecule has 3 rings (SSSR count). The Balaban J connectivity index is 1.93. The molecule has 2 heterocycles. The summed E-state index contributed by atoms with van der Waals surface area (Å²) in [5.41, 5.74) is 0.644. The first-order valence-electron chi connectivity index (χ1n) is 7.64. The minimum atomic E-state index is -0.470. The number of hydrogen-bond acceptors (Lipinski definition) is 5. The highest BCUT2D eigenvalue weighted by molar-refractivity contribution is 7.09. The molecule has 0 fully saturated rings. The van der Waals surface area contributed by atoms with Crippen LogP contribution in [0, 0.1) is 17.0 Å². The van der Waals surface area contributed by atoms with Gasteiger partial charge in [0.1, 0.15) is 5.76 Å². The number of amides is 1. The summed E-state index contributed by atoms with van der Waals surface area (Å²) < 4.78 is 5.36. The van der Waals surface area contributed by atoms with Gasteiger partial charge < -0.3 is 9.32 Å². The van der Waals surface area contributed by atoms with Gasteiger partial charge >= 0.3 is 0 Å². The summed E-state index contributed by atoms with van der Waals surface area (Å²) in [5, 5.41) is 13.1. The first-order chi connectivity index (χ1) is 12.1. The maximum atomic E-state index is 13.1. The second kappa shape index (κ2) is 7.31. The number of carbonyl (C=O) groups is 1. The molecule has 0 bridgehead atoms. The highest BCUT2D eigenvalue weighted by Gasteiger charge is 2.23. The average Bonchev–Trinajstić information content (AvgIpc) is 3.27. The molecule has 0 saturated carbocycles. The Labute approximate surface area is 148 Å². The van der Waals surface area contributed by atoms with Crippen molar-refractivity contribution in [2.75, 3.05) is 0 Å². The van der Waals surface area contributed by atoms with Gasteiger partial charge in [-0.05, 0) is 36.6 Å². The molecule has 0 aliphatic rings. The van der Waals surface area contributed by atoms with Crippen molar-refractivity contribution in [3.63, 3.8) is 0 Å². The van der Waals surface area contributed by atoms with Gasteiger partial charge in [0.25, 0.3) is 11.6 Å². The fourth-order valence-corrected chi connectivity index (χ4v) is 3.32. The van der Waals surface area contributed by atoms with Crippen molar-refractivity contribution < 1.29 is 14.1 Å². The number of nitro groups is 1. The van der Waals surface area contributed by atoms with E-state index >= 15 is 0 Å². The van der Waals surface area contributed by atoms with Crippen LogP contribution in [0.5, 0.6) is 0 Å². The molecule has 0 radical (unpaired) electrons. The lowest BCUT2D eigenvalue weighted by atomic mass is 10.1. The number of rotatable bonds is 6. The summed E-state index contributed by atoms with van der Waals surface area (Å²) in [6.45, 7) is 2.31. The molecule has 0 saturated heterocycles. The first-order valence-corrected chi connectivity index (χ1v) is 8.52. The fraction of sp³-hybridized carbons (Fsp3) is 0.167. The third-order valence-electron chi connectivity index (χ3n) is 3.87. The summed E-state index contributed by atoms with van der Waals surface area (Å²) in [7, 11) is 0. The normalized spacial score (nSPS) is 10.6. The number of nitrogens with zero attached hydrogens (tertiary/aromatic N) is 2. The Hall–Kier alpha value is -2.93. The summed E-state index contributed by atoms with van der Waals surface area (Å²) in [4.78, 5) is 26.4. The maximum Gasteiger partial charge on any atom is 0.273 e. The molecule has 0 spiro atoms. The van der Waals surface area contributed by atoms with Crippen molar-refractivity contribution >= 4 is 22.9 Å². The van der Waals surface area contributed by atoms with E-state index in [1.54, 1.807) is 47.6 Å². The Morgan fingerprint density at radius 1 is 1.20 bits per heavy atom. The largest absolute Gasteiger partial charge is 0.467 e. The minimum absolute atomic E-state index is 0.0556. The number of thiophene rings is 1. The zero-order valence-electron chi connectivity index (χ0n) is 13.5. The molecular formula is C18H16N2O4S. The third-order valence-corrected chi connectivity index (χ3v) is 4.73. The summed E-state index contributed by atoms with van der Waals surface area (Å²) >= 11 is 1.56. The summed E-state index contributed by atoms with van der Waals surface area (Å²) in [5.74, 6) is 0.402. The van der Waals surface area contributed by atoms with E-state index in [1.807, 2.05) is 17.5 Å². The van der Waals surface area contributed by atoms with Crippen molar-refractivity contribution in [1.82, 2.24) is 4.90 Å². The third kappa shape index (κ3) is 3.77. The molecule has 0 N–H and O–H groups in total. The summed E-state index contributed by atoms with van der Waals surface area (Å²) in [6.07, 6.45) is 1.56. The smallest absolute Gasteiger partial charge is 0.273 e. The monoisotopic (exact) mass is 356 g/mol. The molecule has 25 heavy (non-hydrogen) atoms. The predicted octanol–water partition coefficient (Wildman–Crippen LogP) is 4.40. The number of furan rings is 1. The molecule has 0 atom stereocenters. The Kier molecular flexibility index (Phi) is 4.95. The highest BCUT2D eigenvalue weighted by atomic mass is 32.1. The topological polar surface area (TPSA) is 76.6 Å². The SMILES string of the molecule is Cc1c(C(=O)N(Cc2ccco2)Cc2cccs2)cccc1[N+](=O)[O-].